The molecule has 0 radical (unpaired) electrons. The maximum absolute atomic E-state index is 10.2. The zero-order valence-electron chi connectivity index (χ0n) is 54.5. The first-order chi connectivity index (χ1) is 37.1. The number of thiophene rings is 1. The van der Waals surface area contributed by atoms with Gasteiger partial charge in [0.25, 0.3) is 0 Å². The number of benzene rings is 3. The molecule has 80 heavy (non-hydrogen) atoms. The Morgan fingerprint density at radius 1 is 0.512 bits per heavy atom. The molecular weight excluding hydrogens is 1090 g/mol. The Kier molecular flexibility index (Phi) is 119. The van der Waals surface area contributed by atoms with E-state index in [2.05, 4.69) is 83.2 Å². The summed E-state index contributed by atoms with van der Waals surface area (Å²) >= 11 is 1.79. The van der Waals surface area contributed by atoms with E-state index >= 15 is 0 Å². The Morgan fingerprint density at radius 3 is 1.07 bits per heavy atom. The highest BCUT2D eigenvalue weighted by molar-refractivity contribution is 7.90. The Hall–Kier alpha value is -4.42. The fourth-order valence-electron chi connectivity index (χ4n) is 4.44. The standard InChI is InChI=1S/C9H10.C8H7N.C8H6S.2C4H10O2S.C4H10OS.3C3H6O2.8C2H6.CH4.H2O/c1-2-5-9-7-3-6-8(9)4-1;2*1-2-4-8-7(3-1)5-6-9-8;2*1-3-4-7(2,5)6;1-3-4-6(2)5;3*1-2-3(4)5;8*1-2;;/h1-2,4-5H,3,6-7H2;1-6,9H;1-6H;2*3-4H2,1-2H3;3-4H2,1-2H3;3*2H2,1H3,(H,4,5);8*1-2H3;1H4;1H2. The minimum Gasteiger partial charge on any atom is -0.481 e. The summed E-state index contributed by atoms with van der Waals surface area (Å²) in [6, 6.07) is 29.6. The number of aromatic amines is 1. The molecule has 5 aromatic rings. The number of nitrogens with one attached hydrogen (secondary N) is 1. The molecule has 0 fully saturated rings. The number of fused-ring (bicyclic) bond motifs is 3. The number of aliphatic carboxylic acids is 3. The van der Waals surface area contributed by atoms with E-state index in [-0.39, 0.29) is 32.2 Å². The highest BCUT2D eigenvalue weighted by Gasteiger charge is 2.07. The highest BCUT2D eigenvalue weighted by atomic mass is 32.2. The quantitative estimate of drug-likeness (QED) is 0.108. The average Bonchev–Trinajstić information content (AvgIpc) is 4.26. The molecule has 0 aliphatic heterocycles. The lowest BCUT2D eigenvalue weighted by atomic mass is 10.1. The zero-order chi connectivity index (χ0) is 64.0. The van der Waals surface area contributed by atoms with E-state index < -0.39 is 48.4 Å². The lowest BCUT2D eigenvalue weighted by Gasteiger charge is -1.93. The van der Waals surface area contributed by atoms with Gasteiger partial charge in [-0.15, -0.1) is 11.3 Å². The molecule has 2 aromatic heterocycles. The normalized spacial score (nSPS) is 9.16. The molecule has 0 saturated heterocycles. The fourth-order valence-corrected chi connectivity index (χ4v) is 7.29. The van der Waals surface area contributed by atoms with Crippen molar-refractivity contribution in [1.29, 1.82) is 0 Å². The second-order valence-electron chi connectivity index (χ2n) is 13.4. The number of hydrogen-bond donors (Lipinski definition) is 4. The van der Waals surface area contributed by atoms with Gasteiger partial charge in [0.2, 0.25) is 0 Å². The number of carboxylic acids is 3. The van der Waals surface area contributed by atoms with E-state index in [4.69, 9.17) is 15.3 Å². The third-order valence-corrected chi connectivity index (χ3v) is 11.6. The van der Waals surface area contributed by atoms with Crippen LogP contribution in [0.3, 0.4) is 0 Å². The van der Waals surface area contributed by atoms with Crippen molar-refractivity contribution in [2.75, 3.05) is 36.0 Å². The van der Waals surface area contributed by atoms with Crippen molar-refractivity contribution in [3.63, 3.8) is 0 Å². The van der Waals surface area contributed by atoms with Crippen molar-refractivity contribution < 1.29 is 56.2 Å². The van der Waals surface area contributed by atoms with Crippen molar-refractivity contribution in [1.82, 2.24) is 4.98 Å². The average molecular weight is 1220 g/mol. The van der Waals surface area contributed by atoms with E-state index in [1.807, 2.05) is 150 Å². The van der Waals surface area contributed by atoms with Gasteiger partial charge in [0, 0.05) is 82.5 Å². The van der Waals surface area contributed by atoms with E-state index in [0.717, 1.165) is 25.0 Å². The molecule has 0 saturated carbocycles. The van der Waals surface area contributed by atoms with Gasteiger partial charge in [-0.3, -0.25) is 18.6 Å². The second kappa shape index (κ2) is 88.4. The summed E-state index contributed by atoms with van der Waals surface area (Å²) in [4.78, 5) is 31.2. The number of carbonyl (C=O) groups is 3. The molecule has 0 spiro atoms. The fraction of sp³-hybridized carbons (Fsp3) is 0.603. The van der Waals surface area contributed by atoms with Gasteiger partial charge in [0.15, 0.2) is 0 Å². The molecule has 1 aliphatic carbocycles. The lowest BCUT2D eigenvalue weighted by Crippen LogP contribution is -2.00. The zero-order valence-corrected chi connectivity index (χ0v) is 57.7. The second-order valence-corrected chi connectivity index (χ2v) is 20.4. The van der Waals surface area contributed by atoms with E-state index in [1.54, 1.807) is 49.5 Å². The molecule has 1 atom stereocenters. The van der Waals surface area contributed by atoms with Crippen LogP contribution in [0.2, 0.25) is 0 Å². The van der Waals surface area contributed by atoms with Gasteiger partial charge in [0.05, 0.1) is 0 Å². The summed E-state index contributed by atoms with van der Waals surface area (Å²) in [5.41, 5.74) is 4.34. The van der Waals surface area contributed by atoms with Gasteiger partial charge in [-0.05, 0) is 90.1 Å². The van der Waals surface area contributed by atoms with Crippen LogP contribution in [-0.2, 0) is 57.7 Å². The largest absolute Gasteiger partial charge is 0.481 e. The molecular formula is C63H125NO12S4. The van der Waals surface area contributed by atoms with E-state index in [1.165, 1.54) is 52.8 Å². The SMILES string of the molecule is C.CC.CC.CC.CC.CC.CC.CC.CC.CCC(=O)O.CCC(=O)O.CCC(=O)O.CCCS(C)(=O)=O.CCCS(C)(=O)=O.CCCS(C)=O.O.c1ccc2[nH]ccc2c1.c1ccc2c(c1)CCC2.c1ccc2sccc2c1. The van der Waals surface area contributed by atoms with Crippen LogP contribution in [0, 0.1) is 0 Å². The van der Waals surface area contributed by atoms with Gasteiger partial charge < -0.3 is 25.8 Å². The number of aromatic nitrogens is 1. The van der Waals surface area contributed by atoms with Crippen molar-refractivity contribution in [3.8, 4) is 0 Å². The molecule has 2 heterocycles. The first-order valence-electron chi connectivity index (χ1n) is 28.4. The number of sulfone groups is 2. The maximum atomic E-state index is 10.2. The van der Waals surface area contributed by atoms with Gasteiger partial charge in [-0.2, -0.15) is 0 Å². The number of H-pyrrole nitrogens is 1. The van der Waals surface area contributed by atoms with Crippen LogP contribution >= 0.6 is 11.3 Å². The molecule has 17 heteroatoms. The molecule has 1 aliphatic rings. The maximum Gasteiger partial charge on any atom is 0.303 e. The first-order valence-corrected chi connectivity index (χ1v) is 35.2. The number of rotatable bonds is 9. The monoisotopic (exact) mass is 1220 g/mol. The van der Waals surface area contributed by atoms with Crippen LogP contribution in [-0.4, -0.2) is 101 Å². The van der Waals surface area contributed by atoms with Crippen molar-refractivity contribution >= 4 is 80.7 Å². The third kappa shape index (κ3) is 95.9. The summed E-state index contributed by atoms with van der Waals surface area (Å²) < 4.78 is 52.5. The Balaban J connectivity index is -0.0000000559. The number of carboxylic acid groups (broad SMARTS) is 3. The minimum atomic E-state index is -2.67. The van der Waals surface area contributed by atoms with Crippen molar-refractivity contribution in [3.05, 3.63) is 108 Å². The molecule has 3 aromatic carbocycles. The number of aryl methyl sites for hydroxylation is 2. The first kappa shape index (κ1) is 107. The molecule has 0 amide bonds. The third-order valence-electron chi connectivity index (χ3n) is 7.38. The summed E-state index contributed by atoms with van der Waals surface area (Å²) in [7, 11) is -5.91. The molecule has 6 rings (SSSR count). The van der Waals surface area contributed by atoms with Crippen molar-refractivity contribution in [2.24, 2.45) is 0 Å². The van der Waals surface area contributed by atoms with Crippen LogP contribution in [0.1, 0.15) is 216 Å². The summed E-state index contributed by atoms with van der Waals surface area (Å²) in [5, 5.41) is 27.9. The van der Waals surface area contributed by atoms with Gasteiger partial charge in [-0.1, -0.05) is 220 Å². The van der Waals surface area contributed by atoms with E-state index in [0.29, 0.717) is 11.5 Å². The lowest BCUT2D eigenvalue weighted by molar-refractivity contribution is -0.137. The molecule has 1 unspecified atom stereocenters. The number of para-hydroxylation sites is 1. The van der Waals surface area contributed by atoms with Crippen LogP contribution in [0.5, 0.6) is 0 Å². The van der Waals surface area contributed by atoms with Crippen LogP contribution < -0.4 is 0 Å². The predicted molar refractivity (Wildman–Crippen MR) is 363 cm³/mol. The van der Waals surface area contributed by atoms with Crippen LogP contribution in [0.25, 0.3) is 21.0 Å². The number of hydrogen-bond acceptors (Lipinski definition) is 9. The predicted octanol–water partition coefficient (Wildman–Crippen LogP) is 18.4. The van der Waals surface area contributed by atoms with Crippen LogP contribution in [0.4, 0.5) is 0 Å². The van der Waals surface area contributed by atoms with E-state index in [9.17, 15) is 35.4 Å². The highest BCUT2D eigenvalue weighted by Crippen LogP contribution is 2.20. The summed E-state index contributed by atoms with van der Waals surface area (Å²) in [5.74, 6) is -0.764. The molecule has 13 nitrogen and oxygen atoms in total. The topological polar surface area (TPSA) is 245 Å². The van der Waals surface area contributed by atoms with Gasteiger partial charge in [0.1, 0.15) is 19.7 Å². The summed E-state index contributed by atoms with van der Waals surface area (Å²) in [6.07, 6.45) is 13.3. The smallest absolute Gasteiger partial charge is 0.303 e. The Morgan fingerprint density at radius 2 is 0.825 bits per heavy atom. The summed E-state index contributed by atoms with van der Waals surface area (Å²) in [6.45, 7) is 42.5. The van der Waals surface area contributed by atoms with Gasteiger partial charge in [-0.25, -0.2) is 16.8 Å². The van der Waals surface area contributed by atoms with Gasteiger partial charge >= 0.3 is 17.9 Å². The Bertz CT molecular complexity index is 1950. The molecule has 0 bridgehead atoms. The molecule has 478 valence electrons. The minimum absolute atomic E-state index is 0. The van der Waals surface area contributed by atoms with Crippen LogP contribution in [0.15, 0.2) is 96.5 Å². The van der Waals surface area contributed by atoms with Crippen molar-refractivity contribution in [2.45, 2.75) is 218 Å². The molecule has 6 N–H and O–H groups in total. The Labute approximate surface area is 500 Å².